The lowest BCUT2D eigenvalue weighted by Crippen LogP contribution is -2.45. The van der Waals surface area contributed by atoms with E-state index < -0.39 is 0 Å². The molecule has 9 heteroatoms. The molecule has 1 saturated heterocycles. The van der Waals surface area contributed by atoms with Crippen molar-refractivity contribution in [2.75, 3.05) is 32.8 Å². The fraction of sp³-hybridized carbons (Fsp3) is 0.256. The van der Waals surface area contributed by atoms with Crippen molar-refractivity contribution >= 4 is 35.2 Å². The summed E-state index contributed by atoms with van der Waals surface area (Å²) in [5.74, 6) is 2.41. The predicted molar refractivity (Wildman–Crippen MR) is 209 cm³/mol. The highest BCUT2D eigenvalue weighted by Crippen LogP contribution is 2.36. The van der Waals surface area contributed by atoms with E-state index in [-0.39, 0.29) is 0 Å². The molecule has 7 nitrogen and oxygen atoms in total. The van der Waals surface area contributed by atoms with Crippen LogP contribution in [0.2, 0.25) is 10.0 Å². The second-order valence-electron chi connectivity index (χ2n) is 13.0. The topological polar surface area (TPSA) is 64.1 Å². The van der Waals surface area contributed by atoms with Crippen LogP contribution >= 0.6 is 23.2 Å². The quantitative estimate of drug-likeness (QED) is 0.0831. The number of rotatable bonds is 14. The first kappa shape index (κ1) is 37.0. The van der Waals surface area contributed by atoms with Gasteiger partial charge in [-0.25, -0.2) is 4.98 Å². The molecule has 268 valence electrons. The summed E-state index contributed by atoms with van der Waals surface area (Å²) >= 11 is 13.0. The molecule has 0 saturated carbocycles. The zero-order chi connectivity index (χ0) is 36.5. The first-order chi connectivity index (χ1) is 25.2. The molecule has 1 fully saturated rings. The van der Waals surface area contributed by atoms with Gasteiger partial charge in [0.25, 0.3) is 0 Å². The van der Waals surface area contributed by atoms with Gasteiger partial charge >= 0.3 is 0 Å². The average Bonchev–Trinajstić information content (AvgIpc) is 3.15. The number of aryl methyl sites for hydroxylation is 3. The monoisotopic (exact) mass is 735 g/mol. The molecule has 6 rings (SSSR count). The van der Waals surface area contributed by atoms with Crippen molar-refractivity contribution < 1.29 is 19.0 Å². The van der Waals surface area contributed by atoms with Crippen molar-refractivity contribution in [2.45, 2.75) is 40.3 Å². The first-order valence-electron chi connectivity index (χ1n) is 17.5. The standard InChI is InChI=1S/C43H43Cl2N3O4/c1-30-8-13-37(25-31(30)2)50-23-17-33-9-11-34(12-10-33)28-47-18-20-48(21-19-47)41(16-22-49)36-24-32(3)43(40(45)26-36)52-42-15-14-38(27-46-42)51-29-35-6-4-5-7-39(35)44/h4-16,22,24-27H,17-21,23,28-29H2,1-3H3/b41-16+. The highest BCUT2D eigenvalue weighted by molar-refractivity contribution is 6.32. The van der Waals surface area contributed by atoms with Crippen molar-refractivity contribution in [1.82, 2.24) is 14.8 Å². The molecule has 1 aromatic heterocycles. The van der Waals surface area contributed by atoms with Gasteiger partial charge in [0.15, 0.2) is 5.75 Å². The van der Waals surface area contributed by atoms with Gasteiger partial charge in [-0.1, -0.05) is 71.7 Å². The second kappa shape index (κ2) is 17.6. The van der Waals surface area contributed by atoms with Crippen LogP contribution in [0.4, 0.5) is 0 Å². The van der Waals surface area contributed by atoms with Crippen LogP contribution in [0.15, 0.2) is 103 Å². The van der Waals surface area contributed by atoms with Crippen molar-refractivity contribution in [3.63, 3.8) is 0 Å². The van der Waals surface area contributed by atoms with Crippen molar-refractivity contribution in [3.8, 4) is 23.1 Å². The molecule has 0 amide bonds. The molecule has 5 aromatic rings. The van der Waals surface area contributed by atoms with Crippen LogP contribution in [0.5, 0.6) is 23.1 Å². The van der Waals surface area contributed by atoms with Crippen molar-refractivity contribution in [3.05, 3.63) is 152 Å². The van der Waals surface area contributed by atoms with Gasteiger partial charge in [-0.3, -0.25) is 9.69 Å². The first-order valence-corrected chi connectivity index (χ1v) is 18.2. The molecule has 2 heterocycles. The van der Waals surface area contributed by atoms with E-state index in [1.807, 2.05) is 49.4 Å². The normalized spacial score (nSPS) is 13.6. The molecule has 0 aliphatic carbocycles. The van der Waals surface area contributed by atoms with E-state index in [1.54, 1.807) is 24.4 Å². The summed E-state index contributed by atoms with van der Waals surface area (Å²) in [6, 6.07) is 30.0. The number of benzene rings is 4. The molecule has 4 aromatic carbocycles. The van der Waals surface area contributed by atoms with Crippen LogP contribution in [0.3, 0.4) is 0 Å². The number of hydrogen-bond acceptors (Lipinski definition) is 7. The van der Waals surface area contributed by atoms with E-state index in [1.165, 1.54) is 22.3 Å². The molecule has 0 N–H and O–H groups in total. The number of piperazine rings is 1. The predicted octanol–water partition coefficient (Wildman–Crippen LogP) is 9.66. The van der Waals surface area contributed by atoms with E-state index in [0.29, 0.717) is 40.6 Å². The van der Waals surface area contributed by atoms with Gasteiger partial charge in [0.1, 0.15) is 24.4 Å². The average molecular weight is 737 g/mol. The summed E-state index contributed by atoms with van der Waals surface area (Å²) in [7, 11) is 0. The molecule has 0 radical (unpaired) electrons. The Bertz CT molecular complexity index is 1980. The Hall–Kier alpha value is -4.82. The number of pyridine rings is 1. The highest BCUT2D eigenvalue weighted by Gasteiger charge is 2.22. The lowest BCUT2D eigenvalue weighted by atomic mass is 10.1. The Kier molecular flexibility index (Phi) is 12.5. The number of ether oxygens (including phenoxy) is 3. The van der Waals surface area contributed by atoms with Crippen molar-refractivity contribution in [1.29, 1.82) is 0 Å². The smallest absolute Gasteiger partial charge is 0.219 e. The number of aromatic nitrogens is 1. The minimum absolute atomic E-state index is 0.333. The summed E-state index contributed by atoms with van der Waals surface area (Å²) in [6.45, 7) is 11.3. The lowest BCUT2D eigenvalue weighted by Gasteiger charge is -2.37. The maximum atomic E-state index is 11.8. The minimum Gasteiger partial charge on any atom is -0.493 e. The number of hydrogen-bond donors (Lipinski definition) is 0. The molecule has 1 aliphatic heterocycles. The largest absolute Gasteiger partial charge is 0.493 e. The zero-order valence-corrected chi connectivity index (χ0v) is 31.3. The molecular weight excluding hydrogens is 693 g/mol. The van der Waals surface area contributed by atoms with Gasteiger partial charge < -0.3 is 19.1 Å². The third-order valence-corrected chi connectivity index (χ3v) is 9.95. The summed E-state index contributed by atoms with van der Waals surface area (Å²) in [4.78, 5) is 20.9. The maximum absolute atomic E-state index is 11.8. The number of allylic oxidation sites excluding steroid dienone is 1. The molecule has 0 atom stereocenters. The number of carbonyl (C=O) groups excluding carboxylic acids is 1. The molecule has 0 bridgehead atoms. The van der Waals surface area contributed by atoms with Crippen LogP contribution < -0.4 is 14.2 Å². The molecule has 52 heavy (non-hydrogen) atoms. The van der Waals surface area contributed by atoms with Crippen LogP contribution in [0.25, 0.3) is 5.70 Å². The minimum atomic E-state index is 0.333. The summed E-state index contributed by atoms with van der Waals surface area (Å²) in [6.07, 6.45) is 4.92. The summed E-state index contributed by atoms with van der Waals surface area (Å²) in [5, 5.41) is 1.09. The van der Waals surface area contributed by atoms with Crippen LogP contribution in [-0.4, -0.2) is 53.9 Å². The SMILES string of the molecule is Cc1ccc(OCCc2ccc(CN3CCN(/C(=C/C=O)c4cc(C)c(Oc5ccc(OCc6ccccc6Cl)cn5)c(Cl)c4)CC3)cc2)cc1C. The number of nitrogens with zero attached hydrogens (tertiary/aromatic N) is 3. The van der Waals surface area contributed by atoms with Gasteiger partial charge in [0.2, 0.25) is 5.88 Å². The van der Waals surface area contributed by atoms with Crippen LogP contribution in [0, 0.1) is 20.8 Å². The van der Waals surface area contributed by atoms with E-state index >= 15 is 0 Å². The van der Waals surface area contributed by atoms with Gasteiger partial charge in [0.05, 0.1) is 17.8 Å². The Morgan fingerprint density at radius 1 is 0.769 bits per heavy atom. The van der Waals surface area contributed by atoms with Gasteiger partial charge in [-0.05, 0) is 90.6 Å². The highest BCUT2D eigenvalue weighted by atomic mass is 35.5. The molecular formula is C43H43Cl2N3O4. The number of aldehydes is 1. The third-order valence-electron chi connectivity index (χ3n) is 9.30. The lowest BCUT2D eigenvalue weighted by molar-refractivity contribution is -0.104. The fourth-order valence-corrected chi connectivity index (χ4v) is 6.65. The molecule has 0 unspecified atom stereocenters. The Morgan fingerprint density at radius 2 is 1.52 bits per heavy atom. The van der Waals surface area contributed by atoms with Crippen LogP contribution in [-0.2, 0) is 24.4 Å². The van der Waals surface area contributed by atoms with Gasteiger partial charge in [0, 0.05) is 67.6 Å². The summed E-state index contributed by atoms with van der Waals surface area (Å²) < 4.78 is 17.9. The Morgan fingerprint density at radius 3 is 2.21 bits per heavy atom. The zero-order valence-electron chi connectivity index (χ0n) is 29.8. The fourth-order valence-electron chi connectivity index (χ4n) is 6.16. The van der Waals surface area contributed by atoms with Gasteiger partial charge in [-0.15, -0.1) is 0 Å². The maximum Gasteiger partial charge on any atom is 0.219 e. The Balaban J connectivity index is 1.00. The van der Waals surface area contributed by atoms with Crippen LogP contribution in [0.1, 0.15) is 38.9 Å². The number of halogens is 2. The van der Waals surface area contributed by atoms with Gasteiger partial charge in [-0.2, -0.15) is 0 Å². The van der Waals surface area contributed by atoms with E-state index in [2.05, 4.69) is 65.0 Å². The molecule has 0 spiro atoms. The Labute approximate surface area is 316 Å². The molecule has 1 aliphatic rings. The number of carbonyl (C=O) groups is 1. The van der Waals surface area contributed by atoms with Crippen molar-refractivity contribution in [2.24, 2.45) is 0 Å². The summed E-state index contributed by atoms with van der Waals surface area (Å²) in [5.41, 5.74) is 8.49. The second-order valence-corrected chi connectivity index (χ2v) is 13.8. The van der Waals surface area contributed by atoms with E-state index in [0.717, 1.165) is 73.6 Å². The third kappa shape index (κ3) is 9.73. The van der Waals surface area contributed by atoms with E-state index in [4.69, 9.17) is 37.4 Å². The van der Waals surface area contributed by atoms with E-state index in [9.17, 15) is 4.79 Å².